The summed E-state index contributed by atoms with van der Waals surface area (Å²) in [5.41, 5.74) is 8.08. The Balaban J connectivity index is 1.55. The second-order valence-corrected chi connectivity index (χ2v) is 9.10. The van der Waals surface area contributed by atoms with Crippen LogP contribution in [0.4, 0.5) is 0 Å². The molecule has 2 N–H and O–H groups in total. The Morgan fingerprint density at radius 3 is 2.66 bits per heavy atom. The summed E-state index contributed by atoms with van der Waals surface area (Å²) in [6.07, 6.45) is 9.62. The van der Waals surface area contributed by atoms with E-state index in [-0.39, 0.29) is 23.8 Å². The van der Waals surface area contributed by atoms with Crippen LogP contribution in [0.25, 0.3) is 10.9 Å². The van der Waals surface area contributed by atoms with Crippen molar-refractivity contribution in [2.24, 2.45) is 11.7 Å². The van der Waals surface area contributed by atoms with E-state index in [0.717, 1.165) is 43.1 Å². The number of amides is 1. The molecule has 2 aromatic rings. The fourth-order valence-corrected chi connectivity index (χ4v) is 5.30. The van der Waals surface area contributed by atoms with E-state index in [4.69, 9.17) is 17.3 Å². The minimum Gasteiger partial charge on any atom is -0.345 e. The van der Waals surface area contributed by atoms with Gasteiger partial charge in [0.1, 0.15) is 0 Å². The molecule has 2 atom stereocenters. The summed E-state index contributed by atoms with van der Waals surface area (Å²) in [7, 11) is 0. The number of fused-ring (bicyclic) bond motifs is 1. The summed E-state index contributed by atoms with van der Waals surface area (Å²) in [6, 6.07) is 5.38. The normalized spacial score (nSPS) is 21.6. The zero-order chi connectivity index (χ0) is 20.5. The van der Waals surface area contributed by atoms with Gasteiger partial charge in [-0.2, -0.15) is 0 Å². The van der Waals surface area contributed by atoms with Gasteiger partial charge >= 0.3 is 0 Å². The van der Waals surface area contributed by atoms with Crippen LogP contribution in [0, 0.1) is 5.92 Å². The second-order valence-electron chi connectivity index (χ2n) is 8.66. The first-order chi connectivity index (χ1) is 14.0. The lowest BCUT2D eigenvalue weighted by Crippen LogP contribution is -2.50. The number of benzene rings is 1. The second kappa shape index (κ2) is 8.49. The fourth-order valence-electron chi connectivity index (χ4n) is 5.13. The number of aromatic nitrogens is 1. The molecule has 1 amide bonds. The van der Waals surface area contributed by atoms with Crippen LogP contribution in [0.2, 0.25) is 5.02 Å². The van der Waals surface area contributed by atoms with Crippen LogP contribution in [0.15, 0.2) is 24.4 Å². The Bertz CT molecular complexity index is 916. The average Bonchev–Trinajstić information content (AvgIpc) is 3.32. The third-order valence-corrected chi connectivity index (χ3v) is 6.97. The van der Waals surface area contributed by atoms with Gasteiger partial charge in [0.05, 0.1) is 6.04 Å². The van der Waals surface area contributed by atoms with Crippen LogP contribution < -0.4 is 5.73 Å². The van der Waals surface area contributed by atoms with E-state index in [2.05, 4.69) is 4.57 Å². The molecule has 0 radical (unpaired) electrons. The van der Waals surface area contributed by atoms with Crippen molar-refractivity contribution in [3.8, 4) is 0 Å². The van der Waals surface area contributed by atoms with Crippen LogP contribution in [0.5, 0.6) is 0 Å². The molecule has 1 aliphatic heterocycles. The van der Waals surface area contributed by atoms with E-state index in [1.807, 2.05) is 29.3 Å². The quantitative estimate of drug-likeness (QED) is 0.736. The molecule has 1 aromatic carbocycles. The molecule has 0 bridgehead atoms. The number of carbonyl (C=O) groups excluding carboxylic acids is 2. The summed E-state index contributed by atoms with van der Waals surface area (Å²) in [5, 5.41) is 1.49. The summed E-state index contributed by atoms with van der Waals surface area (Å²) in [6.45, 7) is 3.03. The van der Waals surface area contributed by atoms with E-state index >= 15 is 0 Å². The van der Waals surface area contributed by atoms with Gasteiger partial charge in [-0.15, -0.1) is 0 Å². The third-order valence-electron chi connectivity index (χ3n) is 6.73. The van der Waals surface area contributed by atoms with Gasteiger partial charge in [0, 0.05) is 46.8 Å². The topological polar surface area (TPSA) is 68.3 Å². The van der Waals surface area contributed by atoms with Gasteiger partial charge in [-0.3, -0.25) is 9.59 Å². The molecule has 2 heterocycles. The zero-order valence-corrected chi connectivity index (χ0v) is 17.8. The number of nitrogens with zero attached hydrogens (tertiary/aromatic N) is 2. The molecule has 1 saturated heterocycles. The highest BCUT2D eigenvalue weighted by atomic mass is 35.5. The van der Waals surface area contributed by atoms with Gasteiger partial charge in [0.15, 0.2) is 5.78 Å². The van der Waals surface area contributed by atoms with Gasteiger partial charge in [-0.25, -0.2) is 0 Å². The van der Waals surface area contributed by atoms with E-state index in [0.29, 0.717) is 23.0 Å². The number of hydrogen-bond donors (Lipinski definition) is 1. The maximum Gasteiger partial charge on any atom is 0.240 e. The van der Waals surface area contributed by atoms with Crippen molar-refractivity contribution < 1.29 is 9.59 Å². The van der Waals surface area contributed by atoms with E-state index in [1.165, 1.54) is 19.3 Å². The van der Waals surface area contributed by atoms with Crippen LogP contribution in [-0.2, 0) is 11.3 Å². The van der Waals surface area contributed by atoms with Crippen molar-refractivity contribution in [1.29, 1.82) is 0 Å². The number of hydrogen-bond acceptors (Lipinski definition) is 3. The van der Waals surface area contributed by atoms with Crippen LogP contribution in [-0.4, -0.2) is 39.8 Å². The molecule has 29 heavy (non-hydrogen) atoms. The Labute approximate surface area is 177 Å². The third kappa shape index (κ3) is 4.08. The Kier molecular flexibility index (Phi) is 5.98. The molecule has 0 spiro atoms. The summed E-state index contributed by atoms with van der Waals surface area (Å²) >= 11 is 6.16. The summed E-state index contributed by atoms with van der Waals surface area (Å²) in [5.74, 6) is 0.441. The number of likely N-dealkylation sites (tertiary alicyclic amines) is 1. The highest BCUT2D eigenvalue weighted by Crippen LogP contribution is 2.30. The van der Waals surface area contributed by atoms with Crippen LogP contribution in [0.3, 0.4) is 0 Å². The fraction of sp³-hybridized carbons (Fsp3) is 0.565. The highest BCUT2D eigenvalue weighted by Gasteiger charge is 2.35. The Morgan fingerprint density at radius 1 is 1.17 bits per heavy atom. The molecule has 5 nitrogen and oxygen atoms in total. The van der Waals surface area contributed by atoms with Crippen molar-refractivity contribution in [1.82, 2.24) is 9.47 Å². The maximum atomic E-state index is 13.2. The van der Waals surface area contributed by atoms with Crippen LogP contribution >= 0.6 is 11.6 Å². The van der Waals surface area contributed by atoms with Crippen molar-refractivity contribution >= 4 is 34.2 Å². The van der Waals surface area contributed by atoms with Gasteiger partial charge < -0.3 is 15.2 Å². The lowest BCUT2D eigenvalue weighted by atomic mass is 9.83. The standard InChI is InChI=1S/C23H30ClN3O2/c1-15(28)20-14-26(21-10-9-17(24)12-19(20)21)13-18-8-5-11-27(18)23(29)22(25)16-6-3-2-4-7-16/h9-10,12,14,16,18,22H,2-8,11,13,25H2,1H3/t18-,22-/m0/s1. The zero-order valence-electron chi connectivity index (χ0n) is 17.1. The lowest BCUT2D eigenvalue weighted by molar-refractivity contribution is -0.135. The smallest absolute Gasteiger partial charge is 0.240 e. The van der Waals surface area contributed by atoms with Crippen LogP contribution in [0.1, 0.15) is 62.2 Å². The minimum atomic E-state index is -0.385. The lowest BCUT2D eigenvalue weighted by Gasteiger charge is -2.32. The molecule has 4 rings (SSSR count). The average molecular weight is 416 g/mol. The molecule has 2 aliphatic rings. The van der Waals surface area contributed by atoms with Gasteiger partial charge in [-0.1, -0.05) is 30.9 Å². The molecule has 6 heteroatoms. The first-order valence-corrected chi connectivity index (χ1v) is 11.2. The first-order valence-electron chi connectivity index (χ1n) is 10.8. The molecule has 1 saturated carbocycles. The number of Topliss-reactive ketones (excluding diaryl/α,β-unsaturated/α-hetero) is 1. The Hall–Kier alpha value is -1.85. The van der Waals surface area contributed by atoms with Gasteiger partial charge in [0.2, 0.25) is 5.91 Å². The predicted octanol–water partition coefficient (Wildman–Crippen LogP) is 4.40. The summed E-state index contributed by atoms with van der Waals surface area (Å²) in [4.78, 5) is 27.3. The molecular weight excluding hydrogens is 386 g/mol. The monoisotopic (exact) mass is 415 g/mol. The van der Waals surface area contributed by atoms with Crippen molar-refractivity contribution in [2.45, 2.75) is 70.5 Å². The number of ketones is 1. The maximum absolute atomic E-state index is 13.2. The molecule has 1 aliphatic carbocycles. The van der Waals surface area contributed by atoms with Crippen molar-refractivity contribution in [3.05, 3.63) is 35.0 Å². The molecule has 156 valence electrons. The molecular formula is C23H30ClN3O2. The number of carbonyl (C=O) groups is 2. The summed E-state index contributed by atoms with van der Waals surface area (Å²) < 4.78 is 2.10. The predicted molar refractivity (Wildman–Crippen MR) is 116 cm³/mol. The molecule has 1 aromatic heterocycles. The SMILES string of the molecule is CC(=O)c1cn(C[C@@H]2CCCN2C(=O)[C@@H](N)C2CCCCC2)c2ccc(Cl)cc12. The Morgan fingerprint density at radius 2 is 1.93 bits per heavy atom. The van der Waals surface area contributed by atoms with Gasteiger partial charge in [-0.05, 0) is 56.7 Å². The van der Waals surface area contributed by atoms with E-state index < -0.39 is 0 Å². The van der Waals surface area contributed by atoms with Crippen molar-refractivity contribution in [2.75, 3.05) is 6.54 Å². The number of rotatable bonds is 5. The number of nitrogens with two attached hydrogens (primary N) is 1. The van der Waals surface area contributed by atoms with E-state index in [9.17, 15) is 9.59 Å². The first kappa shape index (κ1) is 20.4. The van der Waals surface area contributed by atoms with Gasteiger partial charge in [0.25, 0.3) is 0 Å². The van der Waals surface area contributed by atoms with E-state index in [1.54, 1.807) is 6.92 Å². The molecule has 0 unspecified atom stereocenters. The minimum absolute atomic E-state index is 0.0229. The largest absolute Gasteiger partial charge is 0.345 e. The molecule has 2 fully saturated rings. The van der Waals surface area contributed by atoms with Crippen molar-refractivity contribution in [3.63, 3.8) is 0 Å². The highest BCUT2D eigenvalue weighted by molar-refractivity contribution is 6.31. The number of halogens is 1.